The highest BCUT2D eigenvalue weighted by atomic mass is 35.5. The summed E-state index contributed by atoms with van der Waals surface area (Å²) in [7, 11) is 1.59. The summed E-state index contributed by atoms with van der Waals surface area (Å²) in [4.78, 5) is 0. The van der Waals surface area contributed by atoms with Crippen LogP contribution in [0.5, 0.6) is 11.5 Å². The Morgan fingerprint density at radius 1 is 1.27 bits per heavy atom. The van der Waals surface area contributed by atoms with Crippen LogP contribution in [-0.2, 0) is 6.61 Å². The van der Waals surface area contributed by atoms with Crippen molar-refractivity contribution in [3.8, 4) is 11.5 Å². The third kappa shape index (κ3) is 6.06. The average molecular weight is 390 g/mol. The Hall–Kier alpha value is -2.57. The molecule has 0 amide bonds. The first-order valence-corrected chi connectivity index (χ1v) is 8.64. The van der Waals surface area contributed by atoms with E-state index in [9.17, 15) is 0 Å². The number of halogens is 1. The van der Waals surface area contributed by atoms with Crippen LogP contribution >= 0.6 is 23.8 Å². The second kappa shape index (κ2) is 10.4. The fourth-order valence-electron chi connectivity index (χ4n) is 2.02. The van der Waals surface area contributed by atoms with Crippen molar-refractivity contribution in [1.29, 1.82) is 0 Å². The molecule has 2 aromatic rings. The lowest BCUT2D eigenvalue weighted by Gasteiger charge is -2.12. The second-order valence-electron chi connectivity index (χ2n) is 5.16. The van der Waals surface area contributed by atoms with Crippen molar-refractivity contribution in [2.75, 3.05) is 13.7 Å². The molecule has 136 valence electrons. The summed E-state index contributed by atoms with van der Waals surface area (Å²) in [6.45, 7) is 4.54. The van der Waals surface area contributed by atoms with Gasteiger partial charge in [0.05, 0.1) is 13.3 Å². The molecule has 0 aliphatic rings. The normalized spacial score (nSPS) is 10.4. The number of nitrogens with zero attached hydrogens (tertiary/aromatic N) is 1. The minimum atomic E-state index is 0.355. The van der Waals surface area contributed by atoms with Crippen LogP contribution < -0.4 is 20.2 Å². The standard InChI is InChI=1S/C19H20ClN3O2S/c1-3-10-21-19(26)23-22-12-14-8-9-17(18(11-14)24-2)25-13-15-6-4-5-7-16(15)20/h3-9,11-12H,1,10,13H2,2H3,(H2,21,23,26)/b22-12+. The molecule has 0 bridgehead atoms. The van der Waals surface area contributed by atoms with E-state index in [1.54, 1.807) is 19.4 Å². The summed E-state index contributed by atoms with van der Waals surface area (Å²) >= 11 is 11.2. The fraction of sp³-hybridized carbons (Fsp3) is 0.158. The van der Waals surface area contributed by atoms with Gasteiger partial charge in [-0.15, -0.1) is 6.58 Å². The van der Waals surface area contributed by atoms with Crippen molar-refractivity contribution in [2.24, 2.45) is 5.10 Å². The summed E-state index contributed by atoms with van der Waals surface area (Å²) in [5, 5.41) is 8.09. The molecule has 0 saturated carbocycles. The molecular formula is C19H20ClN3O2S. The SMILES string of the molecule is C=CCNC(=S)N/N=C/c1ccc(OCc2ccccc2Cl)c(OC)c1. The van der Waals surface area contributed by atoms with Gasteiger partial charge in [-0.3, -0.25) is 5.43 Å². The first-order valence-electron chi connectivity index (χ1n) is 7.86. The molecule has 0 saturated heterocycles. The summed E-state index contributed by atoms with van der Waals surface area (Å²) in [6.07, 6.45) is 3.35. The van der Waals surface area contributed by atoms with Gasteiger partial charge in [-0.2, -0.15) is 5.10 Å². The zero-order valence-corrected chi connectivity index (χ0v) is 15.9. The average Bonchev–Trinajstić information content (AvgIpc) is 2.66. The highest BCUT2D eigenvalue weighted by molar-refractivity contribution is 7.80. The Morgan fingerprint density at radius 3 is 2.81 bits per heavy atom. The van der Waals surface area contributed by atoms with E-state index < -0.39 is 0 Å². The van der Waals surface area contributed by atoms with Crippen molar-refractivity contribution in [1.82, 2.24) is 10.7 Å². The summed E-state index contributed by atoms with van der Waals surface area (Å²) < 4.78 is 11.2. The van der Waals surface area contributed by atoms with Crippen LogP contribution in [0.25, 0.3) is 0 Å². The van der Waals surface area contributed by atoms with E-state index in [1.165, 1.54) is 0 Å². The molecule has 0 fully saturated rings. The van der Waals surface area contributed by atoms with Crippen LogP contribution in [0.4, 0.5) is 0 Å². The zero-order chi connectivity index (χ0) is 18.8. The van der Waals surface area contributed by atoms with Gasteiger partial charge in [-0.25, -0.2) is 0 Å². The molecule has 2 aromatic carbocycles. The molecule has 2 rings (SSSR count). The number of hydrazone groups is 1. The Balaban J connectivity index is 1.99. The van der Waals surface area contributed by atoms with Gasteiger partial charge in [0.15, 0.2) is 16.6 Å². The molecule has 0 aliphatic carbocycles. The first kappa shape index (κ1) is 19.8. The van der Waals surface area contributed by atoms with Gasteiger partial charge in [0.1, 0.15) is 6.61 Å². The van der Waals surface area contributed by atoms with E-state index in [-0.39, 0.29) is 0 Å². The van der Waals surface area contributed by atoms with Gasteiger partial charge >= 0.3 is 0 Å². The fourth-order valence-corrected chi connectivity index (χ4v) is 2.35. The number of nitrogens with one attached hydrogen (secondary N) is 2. The van der Waals surface area contributed by atoms with Crippen molar-refractivity contribution in [3.63, 3.8) is 0 Å². The van der Waals surface area contributed by atoms with E-state index >= 15 is 0 Å². The van der Waals surface area contributed by atoms with Crippen LogP contribution in [-0.4, -0.2) is 25.0 Å². The molecule has 5 nitrogen and oxygen atoms in total. The maximum Gasteiger partial charge on any atom is 0.187 e. The van der Waals surface area contributed by atoms with Gasteiger partial charge in [0, 0.05) is 17.1 Å². The molecule has 0 spiro atoms. The molecular weight excluding hydrogens is 370 g/mol. The lowest BCUT2D eigenvalue weighted by Crippen LogP contribution is -2.31. The van der Waals surface area contributed by atoms with Crippen LogP contribution in [0.15, 0.2) is 60.2 Å². The predicted molar refractivity (Wildman–Crippen MR) is 110 cm³/mol. The predicted octanol–water partition coefficient (Wildman–Crippen LogP) is 3.91. The maximum absolute atomic E-state index is 6.15. The quantitative estimate of drug-likeness (QED) is 0.310. The molecule has 2 N–H and O–H groups in total. The minimum absolute atomic E-state index is 0.355. The van der Waals surface area contributed by atoms with E-state index in [0.717, 1.165) is 11.1 Å². The Kier molecular flexibility index (Phi) is 7.92. The number of benzene rings is 2. The molecule has 0 unspecified atom stereocenters. The lowest BCUT2D eigenvalue weighted by molar-refractivity contribution is 0.284. The maximum atomic E-state index is 6.15. The molecule has 0 heterocycles. The van der Waals surface area contributed by atoms with E-state index in [4.69, 9.17) is 33.3 Å². The number of hydrogen-bond donors (Lipinski definition) is 2. The van der Waals surface area contributed by atoms with E-state index in [0.29, 0.717) is 34.8 Å². The monoisotopic (exact) mass is 389 g/mol. The number of rotatable bonds is 8. The zero-order valence-electron chi connectivity index (χ0n) is 14.4. The molecule has 26 heavy (non-hydrogen) atoms. The van der Waals surface area contributed by atoms with Crippen LogP contribution in [0.1, 0.15) is 11.1 Å². The van der Waals surface area contributed by atoms with Gasteiger partial charge in [-0.05, 0) is 42.0 Å². The van der Waals surface area contributed by atoms with Crippen molar-refractivity contribution < 1.29 is 9.47 Å². The highest BCUT2D eigenvalue weighted by Gasteiger charge is 2.07. The molecule has 0 radical (unpaired) electrons. The molecule has 0 aliphatic heterocycles. The van der Waals surface area contributed by atoms with Crippen LogP contribution in [0.3, 0.4) is 0 Å². The van der Waals surface area contributed by atoms with E-state index in [1.807, 2.05) is 42.5 Å². The molecule has 7 heteroatoms. The Morgan fingerprint density at radius 2 is 2.08 bits per heavy atom. The second-order valence-corrected chi connectivity index (χ2v) is 5.97. The largest absolute Gasteiger partial charge is 0.493 e. The van der Waals surface area contributed by atoms with Crippen LogP contribution in [0.2, 0.25) is 5.02 Å². The highest BCUT2D eigenvalue weighted by Crippen LogP contribution is 2.29. The Bertz CT molecular complexity index is 796. The number of methoxy groups -OCH3 is 1. The van der Waals surface area contributed by atoms with Crippen molar-refractivity contribution in [2.45, 2.75) is 6.61 Å². The number of thiocarbonyl (C=S) groups is 1. The van der Waals surface area contributed by atoms with Gasteiger partial charge in [0.25, 0.3) is 0 Å². The topological polar surface area (TPSA) is 54.9 Å². The first-order chi connectivity index (χ1) is 12.6. The van der Waals surface area contributed by atoms with Gasteiger partial charge < -0.3 is 14.8 Å². The smallest absolute Gasteiger partial charge is 0.187 e. The third-order valence-electron chi connectivity index (χ3n) is 3.32. The minimum Gasteiger partial charge on any atom is -0.493 e. The number of ether oxygens (including phenoxy) is 2. The van der Waals surface area contributed by atoms with Gasteiger partial charge in [0.2, 0.25) is 0 Å². The van der Waals surface area contributed by atoms with E-state index in [2.05, 4.69) is 22.4 Å². The van der Waals surface area contributed by atoms with Gasteiger partial charge in [-0.1, -0.05) is 35.9 Å². The lowest BCUT2D eigenvalue weighted by atomic mass is 10.2. The molecule has 0 atom stereocenters. The summed E-state index contributed by atoms with van der Waals surface area (Å²) in [5.41, 5.74) is 4.47. The third-order valence-corrected chi connectivity index (χ3v) is 3.92. The summed E-state index contributed by atoms with van der Waals surface area (Å²) in [6, 6.07) is 13.1. The molecule has 0 aromatic heterocycles. The summed E-state index contributed by atoms with van der Waals surface area (Å²) in [5.74, 6) is 1.23. The van der Waals surface area contributed by atoms with Crippen molar-refractivity contribution in [3.05, 3.63) is 71.3 Å². The number of hydrogen-bond acceptors (Lipinski definition) is 4. The van der Waals surface area contributed by atoms with Crippen molar-refractivity contribution >= 4 is 35.1 Å². The Labute approximate surface area is 163 Å². The van der Waals surface area contributed by atoms with Crippen LogP contribution in [0, 0.1) is 0 Å².